The molecule has 0 aliphatic carbocycles. The lowest BCUT2D eigenvalue weighted by atomic mass is 10.1. The second-order valence-corrected chi connectivity index (χ2v) is 4.97. The Morgan fingerprint density at radius 3 is 2.62 bits per heavy atom. The highest BCUT2D eigenvalue weighted by molar-refractivity contribution is 7.89. The second kappa shape index (κ2) is 5.28. The zero-order valence-corrected chi connectivity index (χ0v) is 10.0. The van der Waals surface area contributed by atoms with E-state index in [9.17, 15) is 13.2 Å². The molecule has 92 valence electrons. The number of carbonyl (C=O) groups is 1. The number of hydrogen-bond acceptors (Lipinski definition) is 5. The molecular formula is C7H12ClN3O4S. The number of nitrogens with two attached hydrogens (primary N) is 1. The van der Waals surface area contributed by atoms with Gasteiger partial charge >= 0.3 is 5.97 Å². The van der Waals surface area contributed by atoms with Crippen molar-refractivity contribution in [2.45, 2.75) is 12.5 Å². The molecule has 3 N–H and O–H groups in total. The number of aliphatic carboxylic acids is 1. The lowest BCUT2D eigenvalue weighted by molar-refractivity contribution is -0.138. The largest absolute Gasteiger partial charge is 0.480 e. The van der Waals surface area contributed by atoms with E-state index in [0.717, 1.165) is 10.3 Å². The van der Waals surface area contributed by atoms with E-state index in [1.807, 2.05) is 0 Å². The van der Waals surface area contributed by atoms with Gasteiger partial charge in [-0.25, -0.2) is 8.42 Å². The van der Waals surface area contributed by atoms with E-state index in [1.54, 1.807) is 0 Å². The van der Waals surface area contributed by atoms with Gasteiger partial charge in [-0.05, 0) is 5.56 Å². The molecule has 1 unspecified atom stereocenters. The first kappa shape index (κ1) is 14.9. The fourth-order valence-electron chi connectivity index (χ4n) is 0.968. The highest BCUT2D eigenvalue weighted by Crippen LogP contribution is 2.03. The fourth-order valence-corrected chi connectivity index (χ4v) is 1.51. The van der Waals surface area contributed by atoms with Crippen molar-refractivity contribution in [3.05, 3.63) is 18.0 Å². The summed E-state index contributed by atoms with van der Waals surface area (Å²) in [6.45, 7) is 0. The molecule has 0 saturated heterocycles. The average Bonchev–Trinajstić information content (AvgIpc) is 2.51. The van der Waals surface area contributed by atoms with Gasteiger partial charge in [-0.1, -0.05) is 0 Å². The van der Waals surface area contributed by atoms with Crippen molar-refractivity contribution in [2.24, 2.45) is 5.73 Å². The van der Waals surface area contributed by atoms with Crippen molar-refractivity contribution in [2.75, 3.05) is 6.26 Å². The second-order valence-electron chi connectivity index (χ2n) is 3.13. The van der Waals surface area contributed by atoms with Crippen LogP contribution in [0.3, 0.4) is 0 Å². The predicted molar refractivity (Wildman–Crippen MR) is 59.0 cm³/mol. The lowest BCUT2D eigenvalue weighted by Crippen LogP contribution is -2.32. The highest BCUT2D eigenvalue weighted by atomic mass is 35.5. The van der Waals surface area contributed by atoms with Crippen LogP contribution in [0.4, 0.5) is 0 Å². The first-order valence-corrected chi connectivity index (χ1v) is 5.88. The van der Waals surface area contributed by atoms with Crippen LogP contribution < -0.4 is 5.73 Å². The van der Waals surface area contributed by atoms with Crippen molar-refractivity contribution in [3.8, 4) is 0 Å². The van der Waals surface area contributed by atoms with Gasteiger partial charge in [-0.15, -0.1) is 12.4 Å². The zero-order chi connectivity index (χ0) is 11.6. The Morgan fingerprint density at radius 2 is 2.25 bits per heavy atom. The minimum absolute atomic E-state index is 0. The van der Waals surface area contributed by atoms with Gasteiger partial charge in [0.05, 0.1) is 12.5 Å². The van der Waals surface area contributed by atoms with Gasteiger partial charge in [0, 0.05) is 12.6 Å². The summed E-state index contributed by atoms with van der Waals surface area (Å²) in [5.41, 5.74) is 5.75. The molecular weight excluding hydrogens is 258 g/mol. The Hall–Kier alpha value is -1.12. The molecule has 0 amide bonds. The van der Waals surface area contributed by atoms with Gasteiger partial charge < -0.3 is 10.8 Å². The fraction of sp³-hybridized carbons (Fsp3) is 0.429. The summed E-state index contributed by atoms with van der Waals surface area (Å²) >= 11 is 0. The van der Waals surface area contributed by atoms with Crippen LogP contribution in [0, 0.1) is 0 Å². The third-order valence-electron chi connectivity index (χ3n) is 1.73. The maximum absolute atomic E-state index is 11.0. The highest BCUT2D eigenvalue weighted by Gasteiger charge is 2.14. The molecule has 0 aliphatic heterocycles. The number of hydrogen-bond donors (Lipinski definition) is 2. The van der Waals surface area contributed by atoms with E-state index >= 15 is 0 Å². The molecule has 0 spiro atoms. The molecule has 1 atom stereocenters. The summed E-state index contributed by atoms with van der Waals surface area (Å²) < 4.78 is 22.8. The number of halogens is 1. The van der Waals surface area contributed by atoms with Gasteiger partial charge in [-0.3, -0.25) is 4.79 Å². The van der Waals surface area contributed by atoms with Crippen molar-refractivity contribution in [1.82, 2.24) is 9.19 Å². The molecule has 0 fully saturated rings. The minimum atomic E-state index is -3.42. The lowest BCUT2D eigenvalue weighted by Gasteiger charge is -2.02. The Balaban J connectivity index is 0.00000225. The maximum Gasteiger partial charge on any atom is 0.320 e. The first-order chi connectivity index (χ1) is 6.80. The summed E-state index contributed by atoms with van der Waals surface area (Å²) in [4.78, 5) is 10.4. The van der Waals surface area contributed by atoms with Crippen LogP contribution in [0.5, 0.6) is 0 Å². The van der Waals surface area contributed by atoms with Crippen LogP contribution in [-0.4, -0.2) is 41.0 Å². The summed E-state index contributed by atoms with van der Waals surface area (Å²) in [7, 11) is -3.42. The first-order valence-electron chi connectivity index (χ1n) is 4.03. The van der Waals surface area contributed by atoms with Crippen LogP contribution in [0.1, 0.15) is 5.56 Å². The van der Waals surface area contributed by atoms with Gasteiger partial charge in [0.2, 0.25) is 0 Å². The van der Waals surface area contributed by atoms with Crippen LogP contribution in [0.25, 0.3) is 0 Å². The number of carboxylic acid groups (broad SMARTS) is 1. The van der Waals surface area contributed by atoms with Crippen LogP contribution in [-0.2, 0) is 21.2 Å². The minimum Gasteiger partial charge on any atom is -0.480 e. The number of nitrogens with zero attached hydrogens (tertiary/aromatic N) is 2. The normalized spacial score (nSPS) is 12.9. The monoisotopic (exact) mass is 269 g/mol. The molecule has 0 radical (unpaired) electrons. The van der Waals surface area contributed by atoms with E-state index in [0.29, 0.717) is 5.56 Å². The van der Waals surface area contributed by atoms with Crippen LogP contribution in [0.15, 0.2) is 12.4 Å². The molecule has 1 aromatic heterocycles. The SMILES string of the molecule is CS(=O)(=O)n1cc(CC(N)C(=O)O)cn1.Cl. The van der Waals surface area contributed by atoms with E-state index in [4.69, 9.17) is 10.8 Å². The Labute approximate surface area is 98.7 Å². The molecule has 1 heterocycles. The van der Waals surface area contributed by atoms with Crippen molar-refractivity contribution >= 4 is 28.4 Å². The van der Waals surface area contributed by atoms with Gasteiger partial charge in [0.25, 0.3) is 10.0 Å². The van der Waals surface area contributed by atoms with Gasteiger partial charge in [0.15, 0.2) is 0 Å². The molecule has 9 heteroatoms. The Morgan fingerprint density at radius 1 is 1.69 bits per heavy atom. The number of rotatable bonds is 4. The average molecular weight is 270 g/mol. The predicted octanol–water partition coefficient (Wildman–Crippen LogP) is -0.933. The molecule has 7 nitrogen and oxygen atoms in total. The molecule has 0 aliphatic rings. The summed E-state index contributed by atoms with van der Waals surface area (Å²) in [5, 5.41) is 12.1. The molecule has 0 saturated carbocycles. The topological polar surface area (TPSA) is 115 Å². The zero-order valence-electron chi connectivity index (χ0n) is 8.40. The Kier molecular flexibility index (Phi) is 4.91. The maximum atomic E-state index is 11.0. The van der Waals surface area contributed by atoms with Gasteiger partial charge in [-0.2, -0.15) is 9.19 Å². The molecule has 1 aromatic rings. The number of carboxylic acids is 1. The Bertz CT molecular complexity index is 470. The quantitative estimate of drug-likeness (QED) is 0.729. The number of aromatic nitrogens is 2. The smallest absolute Gasteiger partial charge is 0.320 e. The molecule has 1 rings (SSSR count). The summed E-state index contributed by atoms with van der Waals surface area (Å²) in [6, 6.07) is -1.05. The summed E-state index contributed by atoms with van der Waals surface area (Å²) in [5.74, 6) is -1.14. The van der Waals surface area contributed by atoms with Crippen molar-refractivity contribution < 1.29 is 18.3 Å². The third-order valence-corrected chi connectivity index (χ3v) is 2.61. The van der Waals surface area contributed by atoms with E-state index in [1.165, 1.54) is 12.4 Å². The molecule has 0 aromatic carbocycles. The molecule has 16 heavy (non-hydrogen) atoms. The van der Waals surface area contributed by atoms with Gasteiger partial charge in [0.1, 0.15) is 6.04 Å². The van der Waals surface area contributed by atoms with Crippen LogP contribution >= 0.6 is 12.4 Å². The third kappa shape index (κ3) is 3.80. The van der Waals surface area contributed by atoms with Crippen molar-refractivity contribution in [3.63, 3.8) is 0 Å². The van der Waals surface area contributed by atoms with Crippen molar-refractivity contribution in [1.29, 1.82) is 0 Å². The van der Waals surface area contributed by atoms with E-state index in [-0.39, 0.29) is 18.8 Å². The molecule has 0 bridgehead atoms. The summed E-state index contributed by atoms with van der Waals surface area (Å²) in [6.07, 6.45) is 3.58. The van der Waals surface area contributed by atoms with E-state index in [2.05, 4.69) is 5.10 Å². The van der Waals surface area contributed by atoms with Crippen LogP contribution in [0.2, 0.25) is 0 Å². The van der Waals surface area contributed by atoms with E-state index < -0.39 is 22.0 Å². The standard InChI is InChI=1S/C7H11N3O4S.ClH/c1-15(13,14)10-4-5(3-9-10)2-6(8)7(11)12;/h3-4,6H,2,8H2,1H3,(H,11,12);1H.